The number of aliphatic imine (C=N–C) groups is 1. The molecule has 1 amide bonds. The summed E-state index contributed by atoms with van der Waals surface area (Å²) in [6.07, 6.45) is 5.59. The molecular weight excluding hydrogens is 330 g/mol. The molecule has 1 fully saturated rings. The number of likely N-dealkylation sites (tertiary alicyclic amines) is 1. The summed E-state index contributed by atoms with van der Waals surface area (Å²) in [7, 11) is 1.78. The van der Waals surface area contributed by atoms with Crippen LogP contribution in [0.1, 0.15) is 59.8 Å². The van der Waals surface area contributed by atoms with Crippen LogP contribution in [0.5, 0.6) is 0 Å². The monoisotopic (exact) mass is 369 g/mol. The molecule has 7 nitrogen and oxygen atoms in total. The smallest absolute Gasteiger partial charge is 0.407 e. The maximum absolute atomic E-state index is 11.5. The van der Waals surface area contributed by atoms with Crippen LogP contribution in [0.15, 0.2) is 4.99 Å². The first-order chi connectivity index (χ1) is 12.3. The van der Waals surface area contributed by atoms with Crippen molar-refractivity contribution in [2.24, 2.45) is 4.99 Å². The van der Waals surface area contributed by atoms with Crippen molar-refractivity contribution in [1.82, 2.24) is 20.9 Å². The van der Waals surface area contributed by atoms with Crippen LogP contribution in [-0.4, -0.2) is 68.4 Å². The van der Waals surface area contributed by atoms with Crippen LogP contribution in [0.4, 0.5) is 4.79 Å². The number of alkyl carbamates (subject to hydrolysis) is 1. The van der Waals surface area contributed by atoms with Gasteiger partial charge in [-0.1, -0.05) is 6.42 Å². The summed E-state index contributed by atoms with van der Waals surface area (Å²) in [4.78, 5) is 18.4. The Morgan fingerprint density at radius 1 is 1.12 bits per heavy atom. The van der Waals surface area contributed by atoms with Crippen LogP contribution in [0, 0.1) is 0 Å². The zero-order chi connectivity index (χ0) is 19.4. The highest BCUT2D eigenvalue weighted by molar-refractivity contribution is 5.79. The number of ether oxygens (including phenoxy) is 1. The Balaban J connectivity index is 2.05. The Morgan fingerprint density at radius 2 is 1.77 bits per heavy atom. The molecule has 1 unspecified atom stereocenters. The van der Waals surface area contributed by atoms with E-state index in [4.69, 9.17) is 4.74 Å². The molecule has 0 aromatic rings. The molecule has 1 atom stereocenters. The lowest BCUT2D eigenvalue weighted by molar-refractivity contribution is 0.0527. The number of carbonyl (C=O) groups is 1. The van der Waals surface area contributed by atoms with Gasteiger partial charge < -0.3 is 25.6 Å². The highest BCUT2D eigenvalue weighted by Crippen LogP contribution is 2.15. The predicted octanol–water partition coefficient (Wildman–Crippen LogP) is 2.33. The van der Waals surface area contributed by atoms with E-state index in [1.165, 1.54) is 25.8 Å². The number of hydrogen-bond donors (Lipinski definition) is 3. The number of hydrogen-bond acceptors (Lipinski definition) is 4. The summed E-state index contributed by atoms with van der Waals surface area (Å²) >= 11 is 0. The van der Waals surface area contributed by atoms with E-state index >= 15 is 0 Å². The molecule has 0 saturated carbocycles. The number of nitrogens with one attached hydrogen (secondary N) is 3. The predicted molar refractivity (Wildman–Crippen MR) is 108 cm³/mol. The van der Waals surface area contributed by atoms with E-state index in [9.17, 15) is 4.79 Å². The number of carbonyl (C=O) groups excluding carboxylic acids is 1. The summed E-state index contributed by atoms with van der Waals surface area (Å²) in [5, 5.41) is 9.38. The van der Waals surface area contributed by atoms with Gasteiger partial charge in [0.1, 0.15) is 5.60 Å². The molecule has 7 heteroatoms. The van der Waals surface area contributed by atoms with Crippen LogP contribution in [0.3, 0.4) is 0 Å². The van der Waals surface area contributed by atoms with Gasteiger partial charge >= 0.3 is 6.09 Å². The number of rotatable bonds is 8. The molecule has 1 rings (SSSR count). The van der Waals surface area contributed by atoms with Gasteiger partial charge in [-0.25, -0.2) is 4.79 Å². The van der Waals surface area contributed by atoms with Crippen molar-refractivity contribution in [1.29, 1.82) is 0 Å². The Bertz CT molecular complexity index is 434. The molecule has 1 heterocycles. The minimum absolute atomic E-state index is 0.369. The lowest BCUT2D eigenvalue weighted by Crippen LogP contribution is -2.42. The highest BCUT2D eigenvalue weighted by atomic mass is 16.6. The van der Waals surface area contributed by atoms with Gasteiger partial charge in [-0.3, -0.25) is 4.99 Å². The van der Waals surface area contributed by atoms with E-state index in [0.29, 0.717) is 6.54 Å². The first kappa shape index (κ1) is 22.5. The van der Waals surface area contributed by atoms with Crippen LogP contribution in [-0.2, 0) is 4.74 Å². The topological polar surface area (TPSA) is 78.0 Å². The summed E-state index contributed by atoms with van der Waals surface area (Å²) < 4.78 is 5.20. The molecule has 152 valence electrons. The maximum Gasteiger partial charge on any atom is 0.407 e. The molecule has 1 aliphatic rings. The van der Waals surface area contributed by atoms with Crippen molar-refractivity contribution in [2.45, 2.75) is 71.4 Å². The molecule has 0 aliphatic carbocycles. The van der Waals surface area contributed by atoms with Crippen molar-refractivity contribution in [3.05, 3.63) is 0 Å². The average Bonchev–Trinajstić information content (AvgIpc) is 2.56. The van der Waals surface area contributed by atoms with E-state index in [1.54, 1.807) is 7.05 Å². The van der Waals surface area contributed by atoms with Crippen LogP contribution < -0.4 is 16.0 Å². The van der Waals surface area contributed by atoms with Crippen molar-refractivity contribution >= 4 is 12.1 Å². The minimum Gasteiger partial charge on any atom is -0.444 e. The largest absolute Gasteiger partial charge is 0.444 e. The third-order valence-electron chi connectivity index (χ3n) is 4.39. The van der Waals surface area contributed by atoms with Crippen molar-refractivity contribution < 1.29 is 9.53 Å². The summed E-state index contributed by atoms with van der Waals surface area (Å²) in [6, 6.07) is 0.721. The van der Waals surface area contributed by atoms with E-state index in [1.807, 2.05) is 20.8 Å². The second-order valence-electron chi connectivity index (χ2n) is 7.94. The zero-order valence-electron chi connectivity index (χ0n) is 17.4. The summed E-state index contributed by atoms with van der Waals surface area (Å²) in [5.41, 5.74) is -0.458. The standard InChI is InChI=1S/C19H39N5O2/c1-16-10-6-7-14-24(16)15-9-13-22-17(20-5)21-11-8-12-23-18(25)26-19(2,3)4/h16H,6-15H2,1-5H3,(H,23,25)(H2,20,21,22). The molecule has 0 spiro atoms. The molecule has 0 aromatic heterocycles. The van der Waals surface area contributed by atoms with Gasteiger partial charge in [-0.05, 0) is 59.9 Å². The fourth-order valence-electron chi connectivity index (χ4n) is 3.00. The quantitative estimate of drug-likeness (QED) is 0.348. The normalized spacial score (nSPS) is 19.1. The maximum atomic E-state index is 11.5. The number of piperidine rings is 1. The second kappa shape index (κ2) is 12.0. The molecular formula is C19H39N5O2. The average molecular weight is 370 g/mol. The Morgan fingerprint density at radius 3 is 2.38 bits per heavy atom. The van der Waals surface area contributed by atoms with E-state index in [0.717, 1.165) is 44.5 Å². The van der Waals surface area contributed by atoms with E-state index in [-0.39, 0.29) is 6.09 Å². The number of guanidine groups is 1. The van der Waals surface area contributed by atoms with E-state index in [2.05, 4.69) is 32.8 Å². The fraction of sp³-hybridized carbons (Fsp3) is 0.895. The van der Waals surface area contributed by atoms with Crippen LogP contribution in [0.25, 0.3) is 0 Å². The molecule has 0 radical (unpaired) electrons. The molecule has 1 aliphatic heterocycles. The minimum atomic E-state index is -0.458. The van der Waals surface area contributed by atoms with Crippen molar-refractivity contribution in [3.8, 4) is 0 Å². The summed E-state index contributed by atoms with van der Waals surface area (Å²) in [6.45, 7) is 12.5. The first-order valence-electron chi connectivity index (χ1n) is 9.97. The Hall–Kier alpha value is -1.50. The van der Waals surface area contributed by atoms with E-state index < -0.39 is 5.60 Å². The second-order valence-corrected chi connectivity index (χ2v) is 7.94. The fourth-order valence-corrected chi connectivity index (χ4v) is 3.00. The van der Waals surface area contributed by atoms with Crippen LogP contribution in [0.2, 0.25) is 0 Å². The number of nitrogens with zero attached hydrogens (tertiary/aromatic N) is 2. The first-order valence-corrected chi connectivity index (χ1v) is 9.97. The third kappa shape index (κ3) is 10.5. The highest BCUT2D eigenvalue weighted by Gasteiger charge is 2.17. The summed E-state index contributed by atoms with van der Waals surface area (Å²) in [5.74, 6) is 0.814. The van der Waals surface area contributed by atoms with Gasteiger partial charge in [-0.2, -0.15) is 0 Å². The van der Waals surface area contributed by atoms with Gasteiger partial charge in [0.15, 0.2) is 5.96 Å². The lowest BCUT2D eigenvalue weighted by Gasteiger charge is -2.33. The van der Waals surface area contributed by atoms with Gasteiger partial charge in [-0.15, -0.1) is 0 Å². The molecule has 0 bridgehead atoms. The van der Waals surface area contributed by atoms with Gasteiger partial charge in [0.25, 0.3) is 0 Å². The van der Waals surface area contributed by atoms with Gasteiger partial charge in [0.05, 0.1) is 0 Å². The Labute approximate surface area is 159 Å². The molecule has 0 aromatic carbocycles. The lowest BCUT2D eigenvalue weighted by atomic mass is 10.0. The molecule has 3 N–H and O–H groups in total. The number of amides is 1. The molecule has 1 saturated heterocycles. The zero-order valence-corrected chi connectivity index (χ0v) is 17.4. The van der Waals surface area contributed by atoms with Gasteiger partial charge in [0.2, 0.25) is 0 Å². The van der Waals surface area contributed by atoms with Gasteiger partial charge in [0, 0.05) is 39.3 Å². The molecule has 26 heavy (non-hydrogen) atoms. The van der Waals surface area contributed by atoms with Crippen molar-refractivity contribution in [3.63, 3.8) is 0 Å². The van der Waals surface area contributed by atoms with Crippen LogP contribution >= 0.6 is 0 Å². The van der Waals surface area contributed by atoms with Crippen molar-refractivity contribution in [2.75, 3.05) is 39.8 Å². The Kier molecular flexibility index (Phi) is 10.4. The SMILES string of the molecule is CN=C(NCCCNC(=O)OC(C)(C)C)NCCCN1CCCCC1C. The third-order valence-corrected chi connectivity index (χ3v) is 4.39.